The van der Waals surface area contributed by atoms with Gasteiger partial charge in [0.2, 0.25) is 5.75 Å². The van der Waals surface area contributed by atoms with Gasteiger partial charge in [0.15, 0.2) is 11.5 Å². The van der Waals surface area contributed by atoms with E-state index in [9.17, 15) is 5.11 Å². The van der Waals surface area contributed by atoms with Gasteiger partial charge >= 0.3 is 0 Å². The Balaban J connectivity index is 3.26. The van der Waals surface area contributed by atoms with E-state index in [1.807, 2.05) is 0 Å². The van der Waals surface area contributed by atoms with E-state index in [1.54, 1.807) is 33.5 Å². The van der Waals surface area contributed by atoms with Crippen molar-refractivity contribution in [2.45, 2.75) is 5.92 Å². The molecular formula is C12H19NO4. The fourth-order valence-corrected chi connectivity index (χ4v) is 1.65. The SMILES string of the molecule is COc1cc(C(CN)CO)cc(OC)c1OC. The quantitative estimate of drug-likeness (QED) is 0.768. The number of hydrogen-bond donors (Lipinski definition) is 2. The first-order valence-corrected chi connectivity index (χ1v) is 5.32. The summed E-state index contributed by atoms with van der Waals surface area (Å²) in [5.74, 6) is 1.53. The van der Waals surface area contributed by atoms with E-state index >= 15 is 0 Å². The Bertz CT molecular complexity index is 339. The molecule has 17 heavy (non-hydrogen) atoms. The largest absolute Gasteiger partial charge is 0.493 e. The van der Waals surface area contributed by atoms with Crippen molar-refractivity contribution in [3.05, 3.63) is 17.7 Å². The van der Waals surface area contributed by atoms with Crippen LogP contribution in [0.5, 0.6) is 17.2 Å². The maximum atomic E-state index is 9.24. The summed E-state index contributed by atoms with van der Waals surface area (Å²) in [6, 6.07) is 3.60. The number of hydrogen-bond acceptors (Lipinski definition) is 5. The first-order chi connectivity index (χ1) is 8.21. The van der Waals surface area contributed by atoms with E-state index in [0.29, 0.717) is 23.8 Å². The average Bonchev–Trinajstić information content (AvgIpc) is 2.38. The van der Waals surface area contributed by atoms with Crippen LogP contribution in [0.2, 0.25) is 0 Å². The number of rotatable bonds is 6. The van der Waals surface area contributed by atoms with E-state index in [4.69, 9.17) is 19.9 Å². The molecular weight excluding hydrogens is 222 g/mol. The molecule has 0 aliphatic carbocycles. The molecule has 1 atom stereocenters. The number of benzene rings is 1. The second-order valence-electron chi connectivity index (χ2n) is 3.57. The van der Waals surface area contributed by atoms with Crippen LogP contribution in [-0.2, 0) is 0 Å². The van der Waals surface area contributed by atoms with Crippen molar-refractivity contribution in [2.24, 2.45) is 5.73 Å². The highest BCUT2D eigenvalue weighted by molar-refractivity contribution is 5.54. The van der Waals surface area contributed by atoms with Crippen LogP contribution in [0.15, 0.2) is 12.1 Å². The van der Waals surface area contributed by atoms with Gasteiger partial charge in [-0.3, -0.25) is 0 Å². The summed E-state index contributed by atoms with van der Waals surface area (Å²) in [4.78, 5) is 0. The highest BCUT2D eigenvalue weighted by Gasteiger charge is 2.17. The third-order valence-electron chi connectivity index (χ3n) is 2.66. The zero-order valence-corrected chi connectivity index (χ0v) is 10.4. The molecule has 0 bridgehead atoms. The van der Waals surface area contributed by atoms with Crippen molar-refractivity contribution >= 4 is 0 Å². The minimum absolute atomic E-state index is 0.0187. The molecule has 0 radical (unpaired) electrons. The number of nitrogens with two attached hydrogens (primary N) is 1. The molecule has 0 heterocycles. The Hall–Kier alpha value is -1.46. The monoisotopic (exact) mass is 241 g/mol. The first-order valence-electron chi connectivity index (χ1n) is 5.32. The van der Waals surface area contributed by atoms with Crippen LogP contribution < -0.4 is 19.9 Å². The Kier molecular flexibility index (Phi) is 5.06. The molecule has 0 fully saturated rings. The zero-order valence-electron chi connectivity index (χ0n) is 10.4. The summed E-state index contributed by atoms with van der Waals surface area (Å²) < 4.78 is 15.7. The van der Waals surface area contributed by atoms with E-state index in [0.717, 1.165) is 5.56 Å². The molecule has 1 rings (SSSR count). The second kappa shape index (κ2) is 6.32. The molecule has 96 valence electrons. The Morgan fingerprint density at radius 3 is 1.94 bits per heavy atom. The Morgan fingerprint density at radius 2 is 1.65 bits per heavy atom. The zero-order chi connectivity index (χ0) is 12.8. The molecule has 0 amide bonds. The van der Waals surface area contributed by atoms with E-state index in [1.165, 1.54) is 0 Å². The normalized spacial score (nSPS) is 12.1. The van der Waals surface area contributed by atoms with Crippen molar-refractivity contribution in [3.63, 3.8) is 0 Å². The van der Waals surface area contributed by atoms with Gasteiger partial charge in [-0.1, -0.05) is 0 Å². The van der Waals surface area contributed by atoms with Crippen LogP contribution in [0.25, 0.3) is 0 Å². The first kappa shape index (κ1) is 13.6. The molecule has 0 spiro atoms. The van der Waals surface area contributed by atoms with Crippen LogP contribution in [0.3, 0.4) is 0 Å². The second-order valence-corrected chi connectivity index (χ2v) is 3.57. The fourth-order valence-electron chi connectivity index (χ4n) is 1.65. The van der Waals surface area contributed by atoms with Crippen LogP contribution in [0.4, 0.5) is 0 Å². The van der Waals surface area contributed by atoms with E-state index in [-0.39, 0.29) is 12.5 Å². The summed E-state index contributed by atoms with van der Waals surface area (Å²) in [5.41, 5.74) is 6.46. The predicted molar refractivity (Wildman–Crippen MR) is 65.0 cm³/mol. The van der Waals surface area contributed by atoms with Crippen LogP contribution in [-0.4, -0.2) is 39.6 Å². The molecule has 0 saturated carbocycles. The summed E-state index contributed by atoms with van der Waals surface area (Å²) in [6.07, 6.45) is 0. The maximum absolute atomic E-state index is 9.24. The topological polar surface area (TPSA) is 73.9 Å². The molecule has 5 nitrogen and oxygen atoms in total. The van der Waals surface area contributed by atoms with Crippen LogP contribution >= 0.6 is 0 Å². The van der Waals surface area contributed by atoms with Gasteiger partial charge < -0.3 is 25.1 Å². The van der Waals surface area contributed by atoms with Crippen LogP contribution in [0, 0.1) is 0 Å². The molecule has 5 heteroatoms. The van der Waals surface area contributed by atoms with Gasteiger partial charge in [-0.15, -0.1) is 0 Å². The fraction of sp³-hybridized carbons (Fsp3) is 0.500. The van der Waals surface area contributed by atoms with Gasteiger partial charge in [-0.25, -0.2) is 0 Å². The summed E-state index contributed by atoms with van der Waals surface area (Å²) >= 11 is 0. The van der Waals surface area contributed by atoms with Gasteiger partial charge in [0.25, 0.3) is 0 Å². The standard InChI is InChI=1S/C12H19NO4/c1-15-10-4-8(9(6-13)7-14)5-11(16-2)12(10)17-3/h4-5,9,14H,6-7,13H2,1-3H3. The van der Waals surface area contributed by atoms with E-state index in [2.05, 4.69) is 0 Å². The summed E-state index contributed by atoms with van der Waals surface area (Å²) in [6.45, 7) is 0.338. The summed E-state index contributed by atoms with van der Waals surface area (Å²) in [5, 5.41) is 9.24. The molecule has 0 aromatic heterocycles. The minimum atomic E-state index is -0.135. The molecule has 3 N–H and O–H groups in total. The molecule has 0 saturated heterocycles. The highest BCUT2D eigenvalue weighted by atomic mass is 16.5. The van der Waals surface area contributed by atoms with Crippen molar-refractivity contribution in [1.82, 2.24) is 0 Å². The van der Waals surface area contributed by atoms with Crippen LogP contribution in [0.1, 0.15) is 11.5 Å². The molecule has 1 aromatic rings. The Morgan fingerprint density at radius 1 is 1.12 bits per heavy atom. The van der Waals surface area contributed by atoms with Crippen molar-refractivity contribution in [3.8, 4) is 17.2 Å². The van der Waals surface area contributed by atoms with Gasteiger partial charge in [0, 0.05) is 12.5 Å². The van der Waals surface area contributed by atoms with Gasteiger partial charge in [-0.05, 0) is 17.7 Å². The minimum Gasteiger partial charge on any atom is -0.493 e. The average molecular weight is 241 g/mol. The number of methoxy groups -OCH3 is 3. The predicted octanol–water partition coefficient (Wildman–Crippen LogP) is 0.747. The third kappa shape index (κ3) is 2.81. The lowest BCUT2D eigenvalue weighted by Gasteiger charge is -2.17. The smallest absolute Gasteiger partial charge is 0.203 e. The number of ether oxygens (including phenoxy) is 3. The van der Waals surface area contributed by atoms with Crippen molar-refractivity contribution < 1.29 is 19.3 Å². The lowest BCUT2D eigenvalue weighted by molar-refractivity contribution is 0.266. The third-order valence-corrected chi connectivity index (χ3v) is 2.66. The highest BCUT2D eigenvalue weighted by Crippen LogP contribution is 2.39. The maximum Gasteiger partial charge on any atom is 0.203 e. The molecule has 1 unspecified atom stereocenters. The van der Waals surface area contributed by atoms with Gasteiger partial charge in [0.1, 0.15) is 0 Å². The molecule has 0 aliphatic heterocycles. The summed E-state index contributed by atoms with van der Waals surface area (Å²) in [7, 11) is 4.65. The van der Waals surface area contributed by atoms with Gasteiger partial charge in [-0.2, -0.15) is 0 Å². The molecule has 0 aliphatic rings. The lowest BCUT2D eigenvalue weighted by atomic mass is 9.99. The van der Waals surface area contributed by atoms with Gasteiger partial charge in [0.05, 0.1) is 27.9 Å². The lowest BCUT2D eigenvalue weighted by Crippen LogP contribution is -2.16. The Labute approximate surface area is 101 Å². The van der Waals surface area contributed by atoms with Crippen molar-refractivity contribution in [2.75, 3.05) is 34.5 Å². The number of aliphatic hydroxyl groups is 1. The van der Waals surface area contributed by atoms with E-state index < -0.39 is 0 Å². The van der Waals surface area contributed by atoms with Crippen molar-refractivity contribution in [1.29, 1.82) is 0 Å². The number of aliphatic hydroxyl groups excluding tert-OH is 1. The molecule has 1 aromatic carbocycles.